The van der Waals surface area contributed by atoms with Crippen molar-refractivity contribution in [1.82, 2.24) is 10.2 Å². The van der Waals surface area contributed by atoms with Gasteiger partial charge in [0, 0.05) is 6.54 Å². The molecule has 5 nitrogen and oxygen atoms in total. The summed E-state index contributed by atoms with van der Waals surface area (Å²) in [4.78, 5) is 25.4. The number of hydrogen-bond donors (Lipinski definition) is 1. The summed E-state index contributed by atoms with van der Waals surface area (Å²) in [5.74, 6) is -0.152. The minimum atomic E-state index is -0.679. The van der Waals surface area contributed by atoms with Gasteiger partial charge in [-0.1, -0.05) is 13.8 Å². The summed E-state index contributed by atoms with van der Waals surface area (Å²) in [5.41, 5.74) is -0.679. The SMILES string of the molecule is CCOC(=O)CN(CC(C)C)C(=O)C(C)(C)NC. The van der Waals surface area contributed by atoms with E-state index in [2.05, 4.69) is 5.32 Å². The lowest BCUT2D eigenvalue weighted by molar-refractivity contribution is -0.151. The van der Waals surface area contributed by atoms with E-state index in [1.165, 1.54) is 0 Å². The van der Waals surface area contributed by atoms with Gasteiger partial charge < -0.3 is 15.0 Å². The lowest BCUT2D eigenvalue weighted by Gasteiger charge is -2.32. The molecule has 0 aliphatic rings. The van der Waals surface area contributed by atoms with E-state index in [1.807, 2.05) is 13.8 Å². The Balaban J connectivity index is 4.77. The summed E-state index contributed by atoms with van der Waals surface area (Å²) in [7, 11) is 1.73. The molecule has 0 bridgehead atoms. The number of ether oxygens (including phenoxy) is 1. The van der Waals surface area contributed by atoms with Gasteiger partial charge in [-0.05, 0) is 33.7 Å². The summed E-state index contributed by atoms with van der Waals surface area (Å²) in [6.07, 6.45) is 0. The average molecular weight is 258 g/mol. The molecule has 106 valence electrons. The smallest absolute Gasteiger partial charge is 0.325 e. The molecule has 1 amide bonds. The average Bonchev–Trinajstić information content (AvgIpc) is 2.26. The molecule has 18 heavy (non-hydrogen) atoms. The first-order valence-electron chi connectivity index (χ1n) is 6.38. The van der Waals surface area contributed by atoms with Gasteiger partial charge >= 0.3 is 5.97 Å². The van der Waals surface area contributed by atoms with Crippen LogP contribution >= 0.6 is 0 Å². The van der Waals surface area contributed by atoms with E-state index in [4.69, 9.17) is 4.74 Å². The summed E-state index contributed by atoms with van der Waals surface area (Å²) >= 11 is 0. The largest absolute Gasteiger partial charge is 0.465 e. The summed E-state index contributed by atoms with van der Waals surface area (Å²) in [6, 6.07) is 0. The monoisotopic (exact) mass is 258 g/mol. The number of carbonyl (C=O) groups excluding carboxylic acids is 2. The predicted octanol–water partition coefficient (Wildman–Crippen LogP) is 1.03. The molecule has 0 spiro atoms. The predicted molar refractivity (Wildman–Crippen MR) is 71.2 cm³/mol. The van der Waals surface area contributed by atoms with Crippen LogP contribution in [0.25, 0.3) is 0 Å². The first-order chi connectivity index (χ1) is 8.24. The Morgan fingerprint density at radius 2 is 1.89 bits per heavy atom. The van der Waals surface area contributed by atoms with E-state index in [-0.39, 0.29) is 18.4 Å². The summed E-state index contributed by atoms with van der Waals surface area (Å²) in [6.45, 7) is 10.3. The van der Waals surface area contributed by atoms with Gasteiger partial charge in [-0.15, -0.1) is 0 Å². The van der Waals surface area contributed by atoms with Gasteiger partial charge in [-0.3, -0.25) is 9.59 Å². The number of esters is 1. The van der Waals surface area contributed by atoms with E-state index in [0.29, 0.717) is 19.1 Å². The standard InChI is InChI=1S/C13H26N2O3/c1-7-18-11(16)9-15(8-10(2)3)12(17)13(4,5)14-6/h10,14H,7-9H2,1-6H3. The van der Waals surface area contributed by atoms with E-state index in [0.717, 1.165) is 0 Å². The molecule has 0 aromatic carbocycles. The van der Waals surface area contributed by atoms with Crippen LogP contribution in [0.1, 0.15) is 34.6 Å². The van der Waals surface area contributed by atoms with Crippen molar-refractivity contribution in [3.8, 4) is 0 Å². The van der Waals surface area contributed by atoms with Crippen LogP contribution in [0.2, 0.25) is 0 Å². The maximum atomic E-state index is 12.3. The van der Waals surface area contributed by atoms with E-state index in [9.17, 15) is 9.59 Å². The van der Waals surface area contributed by atoms with E-state index < -0.39 is 5.54 Å². The number of likely N-dealkylation sites (N-methyl/N-ethyl adjacent to an activating group) is 1. The molecule has 0 aromatic heterocycles. The molecule has 0 atom stereocenters. The highest BCUT2D eigenvalue weighted by Crippen LogP contribution is 2.10. The van der Waals surface area contributed by atoms with Crippen molar-refractivity contribution in [1.29, 1.82) is 0 Å². The van der Waals surface area contributed by atoms with Crippen LogP contribution in [0, 0.1) is 5.92 Å². The fourth-order valence-electron chi connectivity index (χ4n) is 1.52. The van der Waals surface area contributed by atoms with Crippen LogP contribution in [0.5, 0.6) is 0 Å². The van der Waals surface area contributed by atoms with E-state index >= 15 is 0 Å². The third kappa shape index (κ3) is 5.49. The van der Waals surface area contributed by atoms with Gasteiger partial charge in [0.1, 0.15) is 6.54 Å². The molecule has 0 radical (unpaired) electrons. The van der Waals surface area contributed by atoms with Crippen LogP contribution < -0.4 is 5.32 Å². The van der Waals surface area contributed by atoms with Gasteiger partial charge in [0.05, 0.1) is 12.1 Å². The lowest BCUT2D eigenvalue weighted by Crippen LogP contribution is -2.54. The van der Waals surface area contributed by atoms with Crippen molar-refractivity contribution in [2.45, 2.75) is 40.2 Å². The number of amides is 1. The molecular formula is C13H26N2O3. The highest BCUT2D eigenvalue weighted by atomic mass is 16.5. The Hall–Kier alpha value is -1.10. The molecule has 0 saturated carbocycles. The number of carbonyl (C=O) groups is 2. The van der Waals surface area contributed by atoms with Crippen molar-refractivity contribution < 1.29 is 14.3 Å². The third-order valence-corrected chi connectivity index (χ3v) is 2.66. The molecular weight excluding hydrogens is 232 g/mol. The number of hydrogen-bond acceptors (Lipinski definition) is 4. The van der Waals surface area contributed by atoms with Crippen LogP contribution in [0.15, 0.2) is 0 Å². The molecule has 0 unspecified atom stereocenters. The molecule has 0 aliphatic carbocycles. The Morgan fingerprint density at radius 3 is 2.28 bits per heavy atom. The zero-order valence-electron chi connectivity index (χ0n) is 12.4. The summed E-state index contributed by atoms with van der Waals surface area (Å²) in [5, 5.41) is 2.96. The van der Waals surface area contributed by atoms with Crippen molar-refractivity contribution in [2.24, 2.45) is 5.92 Å². The van der Waals surface area contributed by atoms with Crippen LogP contribution in [0.3, 0.4) is 0 Å². The highest BCUT2D eigenvalue weighted by molar-refractivity contribution is 5.88. The molecule has 0 aliphatic heterocycles. The minimum Gasteiger partial charge on any atom is -0.465 e. The highest BCUT2D eigenvalue weighted by Gasteiger charge is 2.31. The second-order valence-electron chi connectivity index (χ2n) is 5.26. The van der Waals surface area contributed by atoms with Gasteiger partial charge in [-0.2, -0.15) is 0 Å². The molecule has 0 heterocycles. The van der Waals surface area contributed by atoms with E-state index in [1.54, 1.807) is 32.7 Å². The normalized spacial score (nSPS) is 11.5. The molecule has 0 aromatic rings. The number of nitrogens with one attached hydrogen (secondary N) is 1. The molecule has 0 fully saturated rings. The Labute approximate surface area is 110 Å². The lowest BCUT2D eigenvalue weighted by atomic mass is 10.0. The quantitative estimate of drug-likeness (QED) is 0.693. The van der Waals surface area contributed by atoms with Gasteiger partial charge in [0.25, 0.3) is 0 Å². The van der Waals surface area contributed by atoms with Crippen molar-refractivity contribution in [2.75, 3.05) is 26.7 Å². The maximum Gasteiger partial charge on any atom is 0.325 e. The Morgan fingerprint density at radius 1 is 1.33 bits per heavy atom. The van der Waals surface area contributed by atoms with Crippen LogP contribution in [-0.2, 0) is 14.3 Å². The van der Waals surface area contributed by atoms with Gasteiger partial charge in [0.15, 0.2) is 0 Å². The molecule has 0 saturated heterocycles. The molecule has 0 rings (SSSR count). The summed E-state index contributed by atoms with van der Waals surface area (Å²) < 4.78 is 4.90. The first kappa shape index (κ1) is 16.9. The van der Waals surface area contributed by atoms with Gasteiger partial charge in [-0.25, -0.2) is 0 Å². The van der Waals surface area contributed by atoms with Gasteiger partial charge in [0.2, 0.25) is 5.91 Å². The zero-order chi connectivity index (χ0) is 14.3. The number of rotatable bonds is 7. The maximum absolute atomic E-state index is 12.3. The second kappa shape index (κ2) is 7.36. The topological polar surface area (TPSA) is 58.6 Å². The Bertz CT molecular complexity index is 288. The minimum absolute atomic E-state index is 0.00988. The van der Waals surface area contributed by atoms with Crippen molar-refractivity contribution in [3.63, 3.8) is 0 Å². The first-order valence-corrected chi connectivity index (χ1v) is 6.38. The van der Waals surface area contributed by atoms with Crippen LogP contribution in [0.4, 0.5) is 0 Å². The molecule has 1 N–H and O–H groups in total. The van der Waals surface area contributed by atoms with Crippen molar-refractivity contribution >= 4 is 11.9 Å². The number of nitrogens with zero attached hydrogens (tertiary/aromatic N) is 1. The second-order valence-corrected chi connectivity index (χ2v) is 5.26. The van der Waals surface area contributed by atoms with Crippen LogP contribution in [-0.4, -0.2) is 49.1 Å². The van der Waals surface area contributed by atoms with Crippen molar-refractivity contribution in [3.05, 3.63) is 0 Å². The molecule has 5 heteroatoms. The Kier molecular flexibility index (Phi) is 6.91. The zero-order valence-corrected chi connectivity index (χ0v) is 12.4. The third-order valence-electron chi connectivity index (χ3n) is 2.66. The fraction of sp³-hybridized carbons (Fsp3) is 0.846. The fourth-order valence-corrected chi connectivity index (χ4v) is 1.52.